The maximum absolute atomic E-state index is 5.52. The van der Waals surface area contributed by atoms with E-state index in [0.29, 0.717) is 0 Å². The zero-order chi connectivity index (χ0) is 15.4. The first kappa shape index (κ1) is 15.2. The Bertz CT molecular complexity index is 587. The highest BCUT2D eigenvalue weighted by Gasteiger charge is 2.15. The van der Waals surface area contributed by atoms with Crippen molar-refractivity contribution in [3.8, 4) is 17.2 Å². The standard InChI is InChI=1S/C18H22O3/c1-12-7-6-8-13(2)15(12)11-16-17(20-4)9-14(19-3)10-18(16)21-5/h6-10H,11H2,1-5H3. The summed E-state index contributed by atoms with van der Waals surface area (Å²) in [5.74, 6) is 2.30. The molecule has 0 saturated carbocycles. The maximum Gasteiger partial charge on any atom is 0.129 e. The van der Waals surface area contributed by atoms with Gasteiger partial charge in [-0.05, 0) is 30.5 Å². The Morgan fingerprint density at radius 3 is 1.71 bits per heavy atom. The van der Waals surface area contributed by atoms with E-state index in [2.05, 4.69) is 32.0 Å². The Hall–Kier alpha value is -2.16. The summed E-state index contributed by atoms with van der Waals surface area (Å²) in [4.78, 5) is 0. The Morgan fingerprint density at radius 1 is 0.762 bits per heavy atom. The van der Waals surface area contributed by atoms with E-state index in [1.54, 1.807) is 21.3 Å². The summed E-state index contributed by atoms with van der Waals surface area (Å²) >= 11 is 0. The molecule has 0 aliphatic heterocycles. The molecule has 0 aliphatic carbocycles. The van der Waals surface area contributed by atoms with Crippen molar-refractivity contribution in [3.63, 3.8) is 0 Å². The number of methoxy groups -OCH3 is 3. The molecule has 3 nitrogen and oxygen atoms in total. The summed E-state index contributed by atoms with van der Waals surface area (Å²) < 4.78 is 16.3. The SMILES string of the molecule is COc1cc(OC)c(Cc2c(C)cccc2C)c(OC)c1. The lowest BCUT2D eigenvalue weighted by Crippen LogP contribution is -2.02. The molecule has 0 heterocycles. The third-order valence-corrected chi connectivity index (χ3v) is 3.82. The van der Waals surface area contributed by atoms with Gasteiger partial charge in [0.15, 0.2) is 0 Å². The van der Waals surface area contributed by atoms with Gasteiger partial charge in [-0.3, -0.25) is 0 Å². The van der Waals surface area contributed by atoms with E-state index in [4.69, 9.17) is 14.2 Å². The molecule has 0 amide bonds. The van der Waals surface area contributed by atoms with Crippen molar-refractivity contribution in [1.29, 1.82) is 0 Å². The monoisotopic (exact) mass is 286 g/mol. The summed E-state index contributed by atoms with van der Waals surface area (Å²) in [7, 11) is 4.98. The van der Waals surface area contributed by atoms with E-state index in [-0.39, 0.29) is 0 Å². The summed E-state index contributed by atoms with van der Waals surface area (Å²) in [6.45, 7) is 4.26. The number of benzene rings is 2. The van der Waals surface area contributed by atoms with E-state index in [1.807, 2.05) is 12.1 Å². The van der Waals surface area contributed by atoms with Gasteiger partial charge in [-0.1, -0.05) is 18.2 Å². The molecule has 2 aromatic carbocycles. The minimum atomic E-state index is 0.731. The quantitative estimate of drug-likeness (QED) is 0.833. The number of hydrogen-bond donors (Lipinski definition) is 0. The highest BCUT2D eigenvalue weighted by atomic mass is 16.5. The smallest absolute Gasteiger partial charge is 0.129 e. The molecule has 0 bridgehead atoms. The average Bonchev–Trinajstić information content (AvgIpc) is 2.50. The van der Waals surface area contributed by atoms with Crippen LogP contribution in [0, 0.1) is 13.8 Å². The Balaban J connectivity index is 2.52. The molecule has 0 saturated heterocycles. The van der Waals surface area contributed by atoms with Gasteiger partial charge in [0.1, 0.15) is 17.2 Å². The van der Waals surface area contributed by atoms with Crippen LogP contribution in [0.4, 0.5) is 0 Å². The lowest BCUT2D eigenvalue weighted by molar-refractivity contribution is 0.370. The van der Waals surface area contributed by atoms with Crippen LogP contribution in [0.25, 0.3) is 0 Å². The van der Waals surface area contributed by atoms with Crippen molar-refractivity contribution in [3.05, 3.63) is 52.6 Å². The van der Waals surface area contributed by atoms with E-state index in [1.165, 1.54) is 16.7 Å². The second-order valence-electron chi connectivity index (χ2n) is 5.06. The Labute approximate surface area is 126 Å². The van der Waals surface area contributed by atoms with Gasteiger partial charge in [-0.15, -0.1) is 0 Å². The van der Waals surface area contributed by atoms with Crippen LogP contribution in [0.1, 0.15) is 22.3 Å². The summed E-state index contributed by atoms with van der Waals surface area (Å²) in [6.07, 6.45) is 0.773. The second-order valence-corrected chi connectivity index (χ2v) is 5.06. The summed E-state index contributed by atoms with van der Waals surface area (Å²) in [5.41, 5.74) is 4.89. The fraction of sp³-hybridized carbons (Fsp3) is 0.333. The minimum absolute atomic E-state index is 0.731. The molecule has 0 spiro atoms. The van der Waals surface area contributed by atoms with Crippen LogP contribution in [0.5, 0.6) is 17.2 Å². The van der Waals surface area contributed by atoms with Crippen molar-refractivity contribution in [2.75, 3.05) is 21.3 Å². The van der Waals surface area contributed by atoms with E-state index in [9.17, 15) is 0 Å². The largest absolute Gasteiger partial charge is 0.496 e. The van der Waals surface area contributed by atoms with Crippen molar-refractivity contribution >= 4 is 0 Å². The predicted octanol–water partition coefficient (Wildman–Crippen LogP) is 3.92. The van der Waals surface area contributed by atoms with Crippen LogP contribution in [0.2, 0.25) is 0 Å². The zero-order valence-electron chi connectivity index (χ0n) is 13.3. The molecule has 0 N–H and O–H groups in total. The first-order valence-corrected chi connectivity index (χ1v) is 6.94. The molecule has 3 heteroatoms. The predicted molar refractivity (Wildman–Crippen MR) is 84.8 cm³/mol. The lowest BCUT2D eigenvalue weighted by Gasteiger charge is -2.17. The first-order valence-electron chi connectivity index (χ1n) is 6.94. The third-order valence-electron chi connectivity index (χ3n) is 3.82. The number of hydrogen-bond acceptors (Lipinski definition) is 3. The molecule has 0 unspecified atom stereocenters. The van der Waals surface area contributed by atoms with Gasteiger partial charge >= 0.3 is 0 Å². The molecule has 2 rings (SSSR count). The van der Waals surface area contributed by atoms with Gasteiger partial charge in [-0.25, -0.2) is 0 Å². The Morgan fingerprint density at radius 2 is 1.29 bits per heavy atom. The van der Waals surface area contributed by atoms with Gasteiger partial charge in [0, 0.05) is 24.1 Å². The molecule has 0 radical (unpaired) electrons. The molecule has 21 heavy (non-hydrogen) atoms. The Kier molecular flexibility index (Phi) is 4.73. The first-order chi connectivity index (χ1) is 10.1. The third kappa shape index (κ3) is 3.13. The number of ether oxygens (including phenoxy) is 3. The fourth-order valence-electron chi connectivity index (χ4n) is 2.56. The highest BCUT2D eigenvalue weighted by Crippen LogP contribution is 2.36. The van der Waals surface area contributed by atoms with E-state index < -0.39 is 0 Å². The fourth-order valence-corrected chi connectivity index (χ4v) is 2.56. The zero-order valence-corrected chi connectivity index (χ0v) is 13.3. The van der Waals surface area contributed by atoms with Crippen LogP contribution >= 0.6 is 0 Å². The summed E-state index contributed by atoms with van der Waals surface area (Å²) in [5, 5.41) is 0. The minimum Gasteiger partial charge on any atom is -0.496 e. The lowest BCUT2D eigenvalue weighted by atomic mass is 9.95. The van der Waals surface area contributed by atoms with Gasteiger partial charge in [-0.2, -0.15) is 0 Å². The van der Waals surface area contributed by atoms with Gasteiger partial charge in [0.2, 0.25) is 0 Å². The van der Waals surface area contributed by atoms with Crippen LogP contribution < -0.4 is 14.2 Å². The second kappa shape index (κ2) is 6.53. The van der Waals surface area contributed by atoms with Gasteiger partial charge in [0.05, 0.1) is 21.3 Å². The van der Waals surface area contributed by atoms with Crippen molar-refractivity contribution in [1.82, 2.24) is 0 Å². The van der Waals surface area contributed by atoms with Crippen LogP contribution in [0.15, 0.2) is 30.3 Å². The van der Waals surface area contributed by atoms with Crippen LogP contribution in [0.3, 0.4) is 0 Å². The van der Waals surface area contributed by atoms with Crippen LogP contribution in [-0.2, 0) is 6.42 Å². The van der Waals surface area contributed by atoms with Crippen molar-refractivity contribution in [2.45, 2.75) is 20.3 Å². The molecular weight excluding hydrogens is 264 g/mol. The van der Waals surface area contributed by atoms with Crippen LogP contribution in [-0.4, -0.2) is 21.3 Å². The van der Waals surface area contributed by atoms with E-state index in [0.717, 1.165) is 29.2 Å². The molecule has 2 aromatic rings. The van der Waals surface area contributed by atoms with E-state index >= 15 is 0 Å². The topological polar surface area (TPSA) is 27.7 Å². The molecular formula is C18H22O3. The molecule has 0 aliphatic rings. The normalized spacial score (nSPS) is 10.3. The average molecular weight is 286 g/mol. The molecule has 0 aromatic heterocycles. The van der Waals surface area contributed by atoms with Crippen molar-refractivity contribution < 1.29 is 14.2 Å². The van der Waals surface area contributed by atoms with Crippen molar-refractivity contribution in [2.24, 2.45) is 0 Å². The van der Waals surface area contributed by atoms with Gasteiger partial charge < -0.3 is 14.2 Å². The molecule has 112 valence electrons. The highest BCUT2D eigenvalue weighted by molar-refractivity contribution is 5.53. The maximum atomic E-state index is 5.52. The molecule has 0 fully saturated rings. The number of rotatable bonds is 5. The molecule has 0 atom stereocenters. The summed E-state index contributed by atoms with van der Waals surface area (Å²) in [6, 6.07) is 10.1. The van der Waals surface area contributed by atoms with Gasteiger partial charge in [0.25, 0.3) is 0 Å². The number of aryl methyl sites for hydroxylation is 2.